The van der Waals surface area contributed by atoms with Crippen molar-refractivity contribution in [1.82, 2.24) is 10.1 Å². The quantitative estimate of drug-likeness (QED) is 0.859. The molecule has 1 atom stereocenters. The highest BCUT2D eigenvalue weighted by Crippen LogP contribution is 2.47. The molecule has 7 nitrogen and oxygen atoms in total. The van der Waals surface area contributed by atoms with E-state index in [9.17, 15) is 9.18 Å². The topological polar surface area (TPSA) is 96.8 Å². The number of halogens is 1. The molecular formula is C19H24FN5O2. The molecule has 1 aromatic heterocycles. The van der Waals surface area contributed by atoms with Gasteiger partial charge in [-0.3, -0.25) is 9.69 Å². The third-order valence-corrected chi connectivity index (χ3v) is 5.38. The van der Waals surface area contributed by atoms with Crippen molar-refractivity contribution in [3.8, 4) is 0 Å². The minimum absolute atomic E-state index is 0.0673. The van der Waals surface area contributed by atoms with Crippen molar-refractivity contribution in [1.29, 1.82) is 0 Å². The molecule has 0 fully saturated rings. The smallest absolute Gasteiger partial charge is 0.237 e. The van der Waals surface area contributed by atoms with Crippen molar-refractivity contribution >= 4 is 17.6 Å². The van der Waals surface area contributed by atoms with Crippen molar-refractivity contribution in [2.24, 2.45) is 16.1 Å². The van der Waals surface area contributed by atoms with E-state index in [0.717, 1.165) is 11.5 Å². The van der Waals surface area contributed by atoms with Gasteiger partial charge in [0.15, 0.2) is 5.96 Å². The molecule has 3 rings (SSSR count). The molecule has 0 saturated carbocycles. The number of benzene rings is 1. The summed E-state index contributed by atoms with van der Waals surface area (Å²) in [4.78, 5) is 18.6. The van der Waals surface area contributed by atoms with E-state index in [-0.39, 0.29) is 11.9 Å². The van der Waals surface area contributed by atoms with Crippen molar-refractivity contribution in [2.75, 3.05) is 12.4 Å². The van der Waals surface area contributed by atoms with Crippen molar-refractivity contribution in [2.45, 2.75) is 39.8 Å². The minimum atomic E-state index is -1.15. The van der Waals surface area contributed by atoms with Gasteiger partial charge in [0.2, 0.25) is 5.91 Å². The van der Waals surface area contributed by atoms with E-state index in [0.29, 0.717) is 17.8 Å². The number of hydrogen-bond acceptors (Lipinski definition) is 6. The number of carbonyl (C=O) groups excluding carboxylic acids is 1. The number of anilines is 1. The fourth-order valence-corrected chi connectivity index (χ4v) is 3.27. The molecule has 0 radical (unpaired) electrons. The zero-order chi connectivity index (χ0) is 20.0. The number of guanidine groups is 1. The summed E-state index contributed by atoms with van der Waals surface area (Å²) in [6.07, 6.45) is 0. The first kappa shape index (κ1) is 18.9. The lowest BCUT2D eigenvalue weighted by Gasteiger charge is -2.46. The Hall–Kier alpha value is -2.90. The predicted molar refractivity (Wildman–Crippen MR) is 100 cm³/mol. The summed E-state index contributed by atoms with van der Waals surface area (Å²) in [6.45, 7) is 7.47. The maximum atomic E-state index is 14.8. The van der Waals surface area contributed by atoms with E-state index in [1.165, 1.54) is 11.0 Å². The zero-order valence-electron chi connectivity index (χ0n) is 16.1. The van der Waals surface area contributed by atoms with Crippen LogP contribution in [0, 0.1) is 18.2 Å². The first-order valence-corrected chi connectivity index (χ1v) is 8.66. The third kappa shape index (κ3) is 3.05. The Morgan fingerprint density at radius 3 is 2.63 bits per heavy atom. The second-order valence-electron chi connectivity index (χ2n) is 7.51. The zero-order valence-corrected chi connectivity index (χ0v) is 16.1. The number of hydrogen-bond donors (Lipinski definition) is 2. The summed E-state index contributed by atoms with van der Waals surface area (Å²) < 4.78 is 19.8. The average Bonchev–Trinajstić information content (AvgIpc) is 3.03. The molecule has 0 unspecified atom stereocenters. The maximum absolute atomic E-state index is 14.8. The highest BCUT2D eigenvalue weighted by atomic mass is 19.1. The summed E-state index contributed by atoms with van der Waals surface area (Å²) in [7, 11) is 1.57. The summed E-state index contributed by atoms with van der Waals surface area (Å²) in [5, 5.41) is 7.12. The van der Waals surface area contributed by atoms with Gasteiger partial charge in [0.1, 0.15) is 22.8 Å². The van der Waals surface area contributed by atoms with Crippen LogP contribution in [0.25, 0.3) is 0 Å². The Morgan fingerprint density at radius 2 is 2.00 bits per heavy atom. The van der Waals surface area contributed by atoms with Gasteiger partial charge in [-0.05, 0) is 45.9 Å². The molecule has 0 spiro atoms. The first-order valence-electron chi connectivity index (χ1n) is 8.66. The third-order valence-electron chi connectivity index (χ3n) is 5.38. The van der Waals surface area contributed by atoms with Crippen molar-refractivity contribution in [3.63, 3.8) is 0 Å². The van der Waals surface area contributed by atoms with Crippen LogP contribution >= 0.6 is 0 Å². The van der Waals surface area contributed by atoms with Gasteiger partial charge in [-0.25, -0.2) is 9.38 Å². The summed E-state index contributed by atoms with van der Waals surface area (Å²) in [5.74, 6) is 0.129. The number of amides is 1. The fraction of sp³-hybridized carbons (Fsp3) is 0.421. The molecule has 1 aliphatic heterocycles. The van der Waals surface area contributed by atoms with Crippen molar-refractivity contribution in [3.05, 3.63) is 47.1 Å². The molecule has 1 aliphatic rings. The van der Waals surface area contributed by atoms with E-state index < -0.39 is 16.8 Å². The monoisotopic (exact) mass is 373 g/mol. The van der Waals surface area contributed by atoms with Crippen LogP contribution < -0.4 is 11.1 Å². The summed E-state index contributed by atoms with van der Waals surface area (Å²) in [6, 6.07) is 6.48. The van der Waals surface area contributed by atoms with Crippen LogP contribution in [0.3, 0.4) is 0 Å². The highest BCUT2D eigenvalue weighted by molar-refractivity contribution is 6.01. The van der Waals surface area contributed by atoms with Gasteiger partial charge in [-0.15, -0.1) is 0 Å². The number of rotatable bonds is 4. The molecule has 0 bridgehead atoms. The minimum Gasteiger partial charge on any atom is -0.379 e. The van der Waals surface area contributed by atoms with Crippen molar-refractivity contribution < 1.29 is 13.7 Å². The Morgan fingerprint density at radius 1 is 1.30 bits per heavy atom. The largest absolute Gasteiger partial charge is 0.379 e. The summed E-state index contributed by atoms with van der Waals surface area (Å²) in [5.41, 5.74) is 5.53. The van der Waals surface area contributed by atoms with E-state index in [1.807, 2.05) is 13.0 Å². The Kier molecular flexibility index (Phi) is 4.45. The molecule has 2 aromatic rings. The Labute approximate surface area is 157 Å². The van der Waals surface area contributed by atoms with Crippen LogP contribution in [0.15, 0.2) is 33.8 Å². The van der Waals surface area contributed by atoms with Gasteiger partial charge in [0.25, 0.3) is 0 Å². The molecule has 144 valence electrons. The predicted octanol–water partition coefficient (Wildman–Crippen LogP) is 2.76. The van der Waals surface area contributed by atoms with Crippen LogP contribution in [0.1, 0.15) is 37.8 Å². The van der Waals surface area contributed by atoms with Gasteiger partial charge in [0, 0.05) is 24.4 Å². The highest BCUT2D eigenvalue weighted by Gasteiger charge is 2.53. The van der Waals surface area contributed by atoms with Crippen LogP contribution in [0.5, 0.6) is 0 Å². The molecule has 27 heavy (non-hydrogen) atoms. The second-order valence-corrected chi connectivity index (χ2v) is 7.51. The fourth-order valence-electron chi connectivity index (χ4n) is 3.27. The van der Waals surface area contributed by atoms with Gasteiger partial charge in [-0.1, -0.05) is 5.16 Å². The number of nitrogens with one attached hydrogen (secondary N) is 1. The lowest BCUT2D eigenvalue weighted by molar-refractivity contribution is -0.140. The SMILES string of the molecule is Cc1cc(CNc2ccc(F)c([C@@]3(C)N=C(N)N(C)C(=O)C3(C)C)c2)no1. The lowest BCUT2D eigenvalue weighted by Crippen LogP contribution is -2.58. The van der Waals surface area contributed by atoms with E-state index >= 15 is 0 Å². The van der Waals surface area contributed by atoms with Gasteiger partial charge >= 0.3 is 0 Å². The van der Waals surface area contributed by atoms with Gasteiger partial charge in [-0.2, -0.15) is 0 Å². The van der Waals surface area contributed by atoms with Crippen LogP contribution in [-0.2, 0) is 16.9 Å². The second kappa shape index (κ2) is 6.37. The molecule has 0 saturated heterocycles. The molecule has 1 amide bonds. The van der Waals surface area contributed by atoms with Crippen LogP contribution in [-0.4, -0.2) is 29.0 Å². The Balaban J connectivity index is 1.99. The Bertz CT molecular complexity index is 921. The van der Waals surface area contributed by atoms with Gasteiger partial charge in [0.05, 0.1) is 12.0 Å². The molecule has 0 aliphatic carbocycles. The first-order chi connectivity index (χ1) is 12.6. The summed E-state index contributed by atoms with van der Waals surface area (Å²) >= 11 is 0. The number of aryl methyl sites for hydroxylation is 1. The van der Waals surface area contributed by atoms with Crippen LogP contribution in [0.4, 0.5) is 10.1 Å². The van der Waals surface area contributed by atoms with E-state index in [2.05, 4.69) is 15.5 Å². The number of aliphatic imine (C=N–C) groups is 1. The number of aromatic nitrogens is 1. The molecular weight excluding hydrogens is 349 g/mol. The average molecular weight is 373 g/mol. The maximum Gasteiger partial charge on any atom is 0.237 e. The van der Waals surface area contributed by atoms with Gasteiger partial charge < -0.3 is 15.6 Å². The van der Waals surface area contributed by atoms with E-state index in [4.69, 9.17) is 10.3 Å². The standard InChI is InChI=1S/C19H24FN5O2/c1-11-8-13(24-27-11)10-22-12-6-7-15(20)14(9-12)19(4)18(2,3)16(26)25(5)17(21)23-19/h6-9,22H,10H2,1-5H3,(H2,21,23)/t19-/m1/s1. The lowest BCUT2D eigenvalue weighted by atomic mass is 9.67. The molecule has 3 N–H and O–H groups in total. The van der Waals surface area contributed by atoms with E-state index in [1.54, 1.807) is 40.0 Å². The molecule has 8 heteroatoms. The molecule has 1 aromatic carbocycles. The molecule has 2 heterocycles. The number of nitrogens with zero attached hydrogens (tertiary/aromatic N) is 3. The normalized spacial score (nSPS) is 21.9. The number of carbonyl (C=O) groups is 1. The number of nitrogens with two attached hydrogens (primary N) is 1. The van der Waals surface area contributed by atoms with Crippen LogP contribution in [0.2, 0.25) is 0 Å².